The average Bonchev–Trinajstić information content (AvgIpc) is 2.93. The van der Waals surface area contributed by atoms with Crippen molar-refractivity contribution in [2.75, 3.05) is 39.8 Å². The van der Waals surface area contributed by atoms with Crippen molar-refractivity contribution < 1.29 is 19.1 Å². The fourth-order valence-corrected chi connectivity index (χ4v) is 4.47. The van der Waals surface area contributed by atoms with E-state index in [0.29, 0.717) is 36.2 Å². The van der Waals surface area contributed by atoms with Crippen molar-refractivity contribution in [2.24, 2.45) is 0 Å². The smallest absolute Gasteiger partial charge is 0.240 e. The Morgan fingerprint density at radius 2 is 1.75 bits per heavy atom. The molecule has 1 aliphatic heterocycles. The molecule has 40 heavy (non-hydrogen) atoms. The maximum Gasteiger partial charge on any atom is 0.240 e. The molecule has 0 aliphatic carbocycles. The van der Waals surface area contributed by atoms with E-state index in [1.54, 1.807) is 13.1 Å². The molecular weight excluding hydrogens is 551 g/mol. The minimum atomic E-state index is -0.370. The van der Waals surface area contributed by atoms with E-state index in [4.69, 9.17) is 27.9 Å². The second-order valence-electron chi connectivity index (χ2n) is 9.80. The van der Waals surface area contributed by atoms with Gasteiger partial charge in [0, 0.05) is 20.1 Å². The number of para-hydroxylation sites is 1. The monoisotopic (exact) mass is 592 g/mol. The van der Waals surface area contributed by atoms with E-state index in [0.717, 1.165) is 49.0 Å². The summed E-state index contributed by atoms with van der Waals surface area (Å²) >= 11 is 11.3. The minimum Gasteiger partial charge on any atom is -0.492 e. The van der Waals surface area contributed by atoms with Gasteiger partial charge in [0.1, 0.15) is 12.4 Å². The van der Waals surface area contributed by atoms with Gasteiger partial charge in [0.15, 0.2) is 0 Å². The maximum atomic E-state index is 12.9. The molecule has 3 amide bonds. The van der Waals surface area contributed by atoms with Gasteiger partial charge in [-0.25, -0.2) is 0 Å². The van der Waals surface area contributed by atoms with Gasteiger partial charge in [-0.2, -0.15) is 0 Å². The Hall–Kier alpha value is -2.81. The van der Waals surface area contributed by atoms with Gasteiger partial charge in [-0.05, 0) is 55.5 Å². The van der Waals surface area contributed by atoms with Gasteiger partial charge in [0.05, 0.1) is 29.2 Å². The van der Waals surface area contributed by atoms with Gasteiger partial charge < -0.3 is 25.6 Å². The van der Waals surface area contributed by atoms with Crippen LogP contribution in [0.1, 0.15) is 50.2 Å². The van der Waals surface area contributed by atoms with Crippen LogP contribution in [0.5, 0.6) is 5.75 Å². The van der Waals surface area contributed by atoms with E-state index in [-0.39, 0.29) is 36.9 Å². The normalized spacial score (nSPS) is 17.7. The Kier molecular flexibility index (Phi) is 15.5. The third kappa shape index (κ3) is 12.6. The minimum absolute atomic E-state index is 0.0814. The first-order valence-electron chi connectivity index (χ1n) is 13.8. The Balaban J connectivity index is 0.000000526. The van der Waals surface area contributed by atoms with E-state index in [2.05, 4.69) is 22.9 Å². The second kappa shape index (κ2) is 18.5. The summed E-state index contributed by atoms with van der Waals surface area (Å²) in [6, 6.07) is 13.1. The van der Waals surface area contributed by atoms with Gasteiger partial charge in [-0.3, -0.25) is 14.4 Å². The number of carbonyl (C=O) groups is 3. The van der Waals surface area contributed by atoms with Crippen molar-refractivity contribution >= 4 is 40.9 Å². The first-order valence-corrected chi connectivity index (χ1v) is 14.6. The summed E-state index contributed by atoms with van der Waals surface area (Å²) in [5.74, 6) is 0.107. The molecule has 0 saturated carbocycles. The van der Waals surface area contributed by atoms with Crippen molar-refractivity contribution in [1.29, 1.82) is 0 Å². The van der Waals surface area contributed by atoms with Crippen molar-refractivity contribution in [3.8, 4) is 5.75 Å². The molecule has 0 unspecified atom stereocenters. The number of ether oxygens (including phenoxy) is 1. The largest absolute Gasteiger partial charge is 0.492 e. The molecule has 0 saturated heterocycles. The predicted molar refractivity (Wildman–Crippen MR) is 161 cm³/mol. The van der Waals surface area contributed by atoms with Crippen molar-refractivity contribution in [3.63, 3.8) is 0 Å². The molecule has 1 atom stereocenters. The molecule has 3 rings (SSSR count). The van der Waals surface area contributed by atoms with Crippen LogP contribution in [0.4, 0.5) is 0 Å². The molecule has 10 heteroatoms. The Morgan fingerprint density at radius 3 is 2.48 bits per heavy atom. The Bertz CT molecular complexity index is 1100. The van der Waals surface area contributed by atoms with Crippen LogP contribution in [0.3, 0.4) is 0 Å². The summed E-state index contributed by atoms with van der Waals surface area (Å²) in [7, 11) is 1.61. The number of nitrogens with zero attached hydrogens (tertiary/aromatic N) is 1. The Labute approximate surface area is 248 Å². The fraction of sp³-hybridized carbons (Fsp3) is 0.500. The van der Waals surface area contributed by atoms with Crippen LogP contribution in [-0.4, -0.2) is 68.5 Å². The zero-order chi connectivity index (χ0) is 29.3. The number of fused-ring (bicyclic) bond motifs is 1. The molecule has 2 aromatic rings. The summed E-state index contributed by atoms with van der Waals surface area (Å²) in [5, 5.41) is 9.93. The summed E-state index contributed by atoms with van der Waals surface area (Å²) in [6.07, 6.45) is 5.31. The van der Waals surface area contributed by atoms with E-state index in [9.17, 15) is 14.4 Å². The number of nitrogens with one attached hydrogen (secondary N) is 3. The zero-order valence-corrected chi connectivity index (χ0v) is 25.2. The molecule has 0 aromatic heterocycles. The van der Waals surface area contributed by atoms with Gasteiger partial charge in [-0.15, -0.1) is 0 Å². The molecule has 3 N–H and O–H groups in total. The van der Waals surface area contributed by atoms with Crippen LogP contribution in [-0.2, 0) is 20.8 Å². The van der Waals surface area contributed by atoms with Crippen LogP contribution >= 0.6 is 23.2 Å². The van der Waals surface area contributed by atoms with Crippen LogP contribution in [0.2, 0.25) is 10.0 Å². The number of unbranched alkanes of at least 4 members (excludes halogenated alkanes) is 2. The predicted octanol–water partition coefficient (Wildman–Crippen LogP) is 4.54. The quantitative estimate of drug-likeness (QED) is 0.452. The number of carbonyl (C=O) groups excluding carboxylic acids is 3. The second-order valence-corrected chi connectivity index (χ2v) is 10.6. The van der Waals surface area contributed by atoms with Crippen LogP contribution in [0, 0.1) is 6.92 Å². The summed E-state index contributed by atoms with van der Waals surface area (Å²) in [4.78, 5) is 38.4. The lowest BCUT2D eigenvalue weighted by Crippen LogP contribution is -2.49. The van der Waals surface area contributed by atoms with Crippen LogP contribution < -0.4 is 20.7 Å². The zero-order valence-electron chi connectivity index (χ0n) is 23.7. The number of amides is 3. The molecule has 0 spiro atoms. The first kappa shape index (κ1) is 33.4. The number of halogens is 2. The maximum absolute atomic E-state index is 12.9. The topological polar surface area (TPSA) is 99.8 Å². The molecule has 0 bridgehead atoms. The number of benzene rings is 2. The van der Waals surface area contributed by atoms with Crippen molar-refractivity contribution in [1.82, 2.24) is 20.9 Å². The highest BCUT2D eigenvalue weighted by Crippen LogP contribution is 2.22. The summed E-state index contributed by atoms with van der Waals surface area (Å²) < 4.78 is 5.97. The lowest BCUT2D eigenvalue weighted by molar-refractivity contribution is -0.136. The highest BCUT2D eigenvalue weighted by Gasteiger charge is 2.23. The lowest BCUT2D eigenvalue weighted by atomic mass is 10.1. The molecule has 1 aliphatic rings. The van der Waals surface area contributed by atoms with Gasteiger partial charge >= 0.3 is 0 Å². The number of hydrogen-bond donors (Lipinski definition) is 3. The average molecular weight is 594 g/mol. The Morgan fingerprint density at radius 1 is 0.975 bits per heavy atom. The van der Waals surface area contributed by atoms with E-state index >= 15 is 0 Å². The molecule has 0 radical (unpaired) electrons. The van der Waals surface area contributed by atoms with Crippen molar-refractivity contribution in [2.45, 2.75) is 58.4 Å². The van der Waals surface area contributed by atoms with Crippen molar-refractivity contribution in [3.05, 3.63) is 63.6 Å². The number of rotatable bonds is 4. The summed E-state index contributed by atoms with van der Waals surface area (Å²) in [6.45, 7) is 5.41. The molecular formula is C30H42Cl2N4O4. The molecule has 2 aromatic carbocycles. The van der Waals surface area contributed by atoms with Gasteiger partial charge in [0.2, 0.25) is 17.7 Å². The van der Waals surface area contributed by atoms with Gasteiger partial charge in [0.25, 0.3) is 0 Å². The molecule has 8 nitrogen and oxygen atoms in total. The standard InChI is InChI=1S/C23H36N4O4.C7H6Cl2/c1-3-4-5-11-19-23(30)27(2)17-22(29)26-16-21(28)25-13-8-10-18-9-6-7-12-20(18)31-15-14-24-19;1-5-2-3-6(8)7(9)4-5/h6-7,9,12,19,24H,3-5,8,10-11,13-17H2,1-2H3,(H,25,28)(H,26,29);2-4H,1H3/t19-;/m0./s1. The third-order valence-corrected chi connectivity index (χ3v) is 7.08. The number of hydrogen-bond acceptors (Lipinski definition) is 5. The van der Waals surface area contributed by atoms with E-state index in [1.807, 2.05) is 43.3 Å². The lowest BCUT2D eigenvalue weighted by Gasteiger charge is -2.24. The molecule has 1 heterocycles. The van der Waals surface area contributed by atoms with Crippen LogP contribution in [0.25, 0.3) is 0 Å². The highest BCUT2D eigenvalue weighted by molar-refractivity contribution is 6.42. The molecule has 0 fully saturated rings. The van der Waals surface area contributed by atoms with E-state index < -0.39 is 0 Å². The third-order valence-electron chi connectivity index (χ3n) is 6.34. The number of aryl methyl sites for hydroxylation is 2. The fourth-order valence-electron chi connectivity index (χ4n) is 4.12. The van der Waals surface area contributed by atoms with E-state index in [1.165, 1.54) is 4.90 Å². The first-order chi connectivity index (χ1) is 19.2. The van der Waals surface area contributed by atoms with Crippen LogP contribution in [0.15, 0.2) is 42.5 Å². The van der Waals surface area contributed by atoms with Gasteiger partial charge in [-0.1, -0.05) is 73.7 Å². The molecule has 220 valence electrons. The highest BCUT2D eigenvalue weighted by atomic mass is 35.5. The number of likely N-dealkylation sites (N-methyl/N-ethyl adjacent to an activating group) is 1. The SMILES string of the molecule is CCCCC[C@@H]1NCCOc2ccccc2CCCNC(=O)CNC(=O)CN(C)C1=O.Cc1ccc(Cl)c(Cl)c1. The summed E-state index contributed by atoms with van der Waals surface area (Å²) in [5.41, 5.74) is 2.21.